The smallest absolute Gasteiger partial charge is 0.141 e. The molecule has 0 fully saturated rings. The maximum atomic E-state index is 13.2. The largest absolute Gasteiger partial charge is 0.489 e. The number of halogens is 2. The topological polar surface area (TPSA) is 29.5 Å². The summed E-state index contributed by atoms with van der Waals surface area (Å²) in [6.45, 7) is 3.29. The van der Waals surface area contributed by atoms with Gasteiger partial charge in [0, 0.05) is 11.6 Å². The fourth-order valence-corrected chi connectivity index (χ4v) is 1.27. The molecule has 1 N–H and O–H groups in total. The van der Waals surface area contributed by atoms with Crippen molar-refractivity contribution in [2.75, 3.05) is 0 Å². The maximum absolute atomic E-state index is 13.2. The van der Waals surface area contributed by atoms with Gasteiger partial charge in [-0.25, -0.2) is 4.39 Å². The van der Waals surface area contributed by atoms with Gasteiger partial charge in [0.1, 0.15) is 11.6 Å². The summed E-state index contributed by atoms with van der Waals surface area (Å²) >= 11 is 5.82. The van der Waals surface area contributed by atoms with Crippen LogP contribution in [-0.4, -0.2) is 11.2 Å². The minimum absolute atomic E-state index is 0.0631. The number of hydrogen-bond acceptors (Lipinski definition) is 2. The summed E-state index contributed by atoms with van der Waals surface area (Å²) in [6.07, 6.45) is -0.0631. The molecule has 78 valence electrons. The van der Waals surface area contributed by atoms with Crippen LogP contribution in [0.3, 0.4) is 0 Å². The monoisotopic (exact) mass is 218 g/mol. The third kappa shape index (κ3) is 2.59. The summed E-state index contributed by atoms with van der Waals surface area (Å²) in [4.78, 5) is 0. The molecule has 0 aliphatic carbocycles. The predicted molar refractivity (Wildman–Crippen MR) is 53.1 cm³/mol. The molecule has 0 atom stereocenters. The highest BCUT2D eigenvalue weighted by molar-refractivity contribution is 6.32. The standard InChI is InChI=1S/C10H12ClFO2/c1-6(2)14-10-4-9(12)7(5-13)3-8(10)11/h3-4,6,13H,5H2,1-2H3. The second kappa shape index (κ2) is 4.62. The van der Waals surface area contributed by atoms with Gasteiger partial charge >= 0.3 is 0 Å². The average molecular weight is 219 g/mol. The van der Waals surface area contributed by atoms with Crippen molar-refractivity contribution in [1.29, 1.82) is 0 Å². The van der Waals surface area contributed by atoms with Crippen molar-refractivity contribution in [3.05, 3.63) is 28.5 Å². The van der Waals surface area contributed by atoms with Crippen molar-refractivity contribution in [1.82, 2.24) is 0 Å². The third-order valence-electron chi connectivity index (χ3n) is 1.63. The van der Waals surface area contributed by atoms with Crippen molar-refractivity contribution < 1.29 is 14.2 Å². The van der Waals surface area contributed by atoms with Gasteiger partial charge in [-0.3, -0.25) is 0 Å². The Hall–Kier alpha value is -0.800. The molecule has 0 aromatic heterocycles. The first-order valence-corrected chi connectivity index (χ1v) is 4.67. The molecule has 0 aliphatic heterocycles. The van der Waals surface area contributed by atoms with E-state index in [4.69, 9.17) is 21.4 Å². The number of rotatable bonds is 3. The van der Waals surface area contributed by atoms with E-state index in [1.165, 1.54) is 12.1 Å². The van der Waals surface area contributed by atoms with Crippen LogP contribution in [0.1, 0.15) is 19.4 Å². The fourth-order valence-electron chi connectivity index (χ4n) is 1.04. The van der Waals surface area contributed by atoms with Crippen LogP contribution >= 0.6 is 11.6 Å². The maximum Gasteiger partial charge on any atom is 0.141 e. The van der Waals surface area contributed by atoms with Crippen molar-refractivity contribution in [2.24, 2.45) is 0 Å². The molecule has 0 amide bonds. The summed E-state index contributed by atoms with van der Waals surface area (Å²) < 4.78 is 18.5. The molecule has 0 unspecified atom stereocenters. The van der Waals surface area contributed by atoms with Gasteiger partial charge in [0.15, 0.2) is 0 Å². The normalized spacial score (nSPS) is 10.7. The molecule has 0 saturated carbocycles. The number of aliphatic hydroxyl groups is 1. The molecule has 0 aliphatic rings. The van der Waals surface area contributed by atoms with E-state index in [-0.39, 0.29) is 18.3 Å². The van der Waals surface area contributed by atoms with Crippen molar-refractivity contribution in [3.63, 3.8) is 0 Å². The zero-order chi connectivity index (χ0) is 10.7. The van der Waals surface area contributed by atoms with Gasteiger partial charge in [0.25, 0.3) is 0 Å². The SMILES string of the molecule is CC(C)Oc1cc(F)c(CO)cc1Cl. The molecular formula is C10H12ClFO2. The zero-order valence-corrected chi connectivity index (χ0v) is 8.81. The Morgan fingerprint density at radius 2 is 2.14 bits per heavy atom. The van der Waals surface area contributed by atoms with Crippen LogP contribution < -0.4 is 4.74 Å². The Morgan fingerprint density at radius 3 is 2.64 bits per heavy atom. The molecular weight excluding hydrogens is 207 g/mol. The molecule has 1 aromatic rings. The molecule has 14 heavy (non-hydrogen) atoms. The first-order valence-electron chi connectivity index (χ1n) is 4.30. The summed E-state index contributed by atoms with van der Waals surface area (Å²) in [7, 11) is 0. The summed E-state index contributed by atoms with van der Waals surface area (Å²) in [6, 6.07) is 2.56. The zero-order valence-electron chi connectivity index (χ0n) is 8.05. The molecule has 2 nitrogen and oxygen atoms in total. The van der Waals surface area contributed by atoms with Gasteiger partial charge in [-0.1, -0.05) is 11.6 Å². The predicted octanol–water partition coefficient (Wildman–Crippen LogP) is 2.76. The third-order valence-corrected chi connectivity index (χ3v) is 1.93. The molecule has 1 rings (SSSR count). The Labute approximate surface area is 87.3 Å². The van der Waals surface area contributed by atoms with E-state index in [1.54, 1.807) is 0 Å². The Kier molecular flexibility index (Phi) is 3.72. The molecule has 1 aromatic carbocycles. The van der Waals surface area contributed by atoms with Crippen LogP contribution in [0.2, 0.25) is 5.02 Å². The lowest BCUT2D eigenvalue weighted by molar-refractivity contribution is 0.240. The Bertz CT molecular complexity index is 326. The lowest BCUT2D eigenvalue weighted by Crippen LogP contribution is -2.06. The van der Waals surface area contributed by atoms with Crippen LogP contribution in [0.5, 0.6) is 5.75 Å². The lowest BCUT2D eigenvalue weighted by atomic mass is 10.2. The minimum atomic E-state index is -0.507. The molecule has 0 heterocycles. The first kappa shape index (κ1) is 11.3. The van der Waals surface area contributed by atoms with Crippen molar-refractivity contribution >= 4 is 11.6 Å². The fraction of sp³-hybridized carbons (Fsp3) is 0.400. The molecule has 0 radical (unpaired) electrons. The molecule has 4 heteroatoms. The van der Waals surface area contributed by atoms with E-state index in [0.29, 0.717) is 10.8 Å². The van der Waals surface area contributed by atoms with Gasteiger partial charge in [-0.05, 0) is 19.9 Å². The highest BCUT2D eigenvalue weighted by Crippen LogP contribution is 2.28. The van der Waals surface area contributed by atoms with Gasteiger partial charge in [-0.2, -0.15) is 0 Å². The summed E-state index contributed by atoms with van der Waals surface area (Å²) in [5, 5.41) is 9.09. The van der Waals surface area contributed by atoms with E-state index in [1.807, 2.05) is 13.8 Å². The van der Waals surface area contributed by atoms with Crippen LogP contribution in [0.15, 0.2) is 12.1 Å². The van der Waals surface area contributed by atoms with E-state index >= 15 is 0 Å². The van der Waals surface area contributed by atoms with Crippen LogP contribution in [0, 0.1) is 5.82 Å². The first-order chi connectivity index (χ1) is 6.54. The lowest BCUT2D eigenvalue weighted by Gasteiger charge is -2.12. The Morgan fingerprint density at radius 1 is 1.50 bits per heavy atom. The second-order valence-electron chi connectivity index (χ2n) is 3.20. The van der Waals surface area contributed by atoms with Crippen LogP contribution in [0.25, 0.3) is 0 Å². The van der Waals surface area contributed by atoms with Crippen LogP contribution in [-0.2, 0) is 6.61 Å². The van der Waals surface area contributed by atoms with E-state index in [9.17, 15) is 4.39 Å². The summed E-state index contributed by atoms with van der Waals surface area (Å²) in [5.41, 5.74) is 0.172. The van der Waals surface area contributed by atoms with E-state index in [2.05, 4.69) is 0 Å². The molecule has 0 saturated heterocycles. The van der Waals surface area contributed by atoms with Gasteiger partial charge in [-0.15, -0.1) is 0 Å². The van der Waals surface area contributed by atoms with E-state index < -0.39 is 5.82 Å². The summed E-state index contributed by atoms with van der Waals surface area (Å²) in [5.74, 6) is -0.205. The Balaban J connectivity index is 3.02. The highest BCUT2D eigenvalue weighted by Gasteiger charge is 2.09. The number of benzene rings is 1. The molecule has 0 bridgehead atoms. The minimum Gasteiger partial charge on any atom is -0.489 e. The number of aliphatic hydroxyl groups excluding tert-OH is 1. The number of ether oxygens (including phenoxy) is 1. The molecule has 0 spiro atoms. The number of hydrogen-bond donors (Lipinski definition) is 1. The van der Waals surface area contributed by atoms with Gasteiger partial charge in [0.05, 0.1) is 17.7 Å². The van der Waals surface area contributed by atoms with Crippen LogP contribution in [0.4, 0.5) is 4.39 Å². The average Bonchev–Trinajstić information content (AvgIpc) is 2.10. The quantitative estimate of drug-likeness (QED) is 0.846. The van der Waals surface area contributed by atoms with Crippen molar-refractivity contribution in [2.45, 2.75) is 26.6 Å². The van der Waals surface area contributed by atoms with Gasteiger partial charge < -0.3 is 9.84 Å². The highest BCUT2D eigenvalue weighted by atomic mass is 35.5. The van der Waals surface area contributed by atoms with E-state index in [0.717, 1.165) is 0 Å². The van der Waals surface area contributed by atoms with Gasteiger partial charge in [0.2, 0.25) is 0 Å². The second-order valence-corrected chi connectivity index (χ2v) is 3.61. The van der Waals surface area contributed by atoms with Crippen molar-refractivity contribution in [3.8, 4) is 5.75 Å².